The first-order chi connectivity index (χ1) is 15.8. The highest BCUT2D eigenvalue weighted by atomic mass is 14.9. The Kier molecular flexibility index (Phi) is 14.8. The van der Waals surface area contributed by atoms with Crippen molar-refractivity contribution in [3.63, 3.8) is 0 Å². The van der Waals surface area contributed by atoms with Gasteiger partial charge in [-0.05, 0) is 49.7 Å². The average Bonchev–Trinajstić information content (AvgIpc) is 2.83. The molecule has 2 aromatic rings. The van der Waals surface area contributed by atoms with Crippen molar-refractivity contribution >= 4 is 0 Å². The minimum Gasteiger partial charge on any atom is -0.205 e. The van der Waals surface area contributed by atoms with Crippen molar-refractivity contribution in [1.82, 2.24) is 0 Å². The Morgan fingerprint density at radius 2 is 0.750 bits per heavy atom. The zero-order valence-corrected chi connectivity index (χ0v) is 21.2. The van der Waals surface area contributed by atoms with Gasteiger partial charge in [0.2, 0.25) is 0 Å². The fraction of sp³-hybridized carbons (Fsp3) is 0.667. The van der Waals surface area contributed by atoms with Crippen LogP contribution in [0, 0.1) is 0 Å². The number of pyridine rings is 2. The molecule has 0 unspecified atom stereocenters. The molecular formula is C30H50N2+2. The third-order valence-corrected chi connectivity index (χ3v) is 6.64. The Balaban J connectivity index is 1.37. The van der Waals surface area contributed by atoms with Crippen molar-refractivity contribution < 1.29 is 9.13 Å². The number of aryl methyl sites for hydroxylation is 4. The molecule has 0 aliphatic heterocycles. The summed E-state index contributed by atoms with van der Waals surface area (Å²) < 4.78 is 4.71. The van der Waals surface area contributed by atoms with Crippen molar-refractivity contribution in [2.24, 2.45) is 0 Å². The van der Waals surface area contributed by atoms with Crippen LogP contribution in [0.2, 0.25) is 0 Å². The second-order valence-electron chi connectivity index (χ2n) is 9.63. The van der Waals surface area contributed by atoms with Gasteiger partial charge in [0.05, 0.1) is 0 Å². The molecule has 0 fully saturated rings. The van der Waals surface area contributed by atoms with E-state index < -0.39 is 0 Å². The summed E-state index contributed by atoms with van der Waals surface area (Å²) in [4.78, 5) is 0. The first-order valence-corrected chi connectivity index (χ1v) is 13.8. The molecule has 0 aromatic carbocycles. The number of aromatic nitrogens is 2. The highest BCUT2D eigenvalue weighted by Gasteiger charge is 2.03. The molecule has 0 radical (unpaired) electrons. The number of hydrogen-bond acceptors (Lipinski definition) is 0. The van der Waals surface area contributed by atoms with Crippen molar-refractivity contribution in [3.8, 4) is 0 Å². The largest absolute Gasteiger partial charge is 0.205 e. The molecule has 2 heteroatoms. The van der Waals surface area contributed by atoms with E-state index in [0.717, 1.165) is 0 Å². The van der Waals surface area contributed by atoms with E-state index >= 15 is 0 Å². The van der Waals surface area contributed by atoms with Crippen LogP contribution >= 0.6 is 0 Å². The summed E-state index contributed by atoms with van der Waals surface area (Å²) in [6, 6.07) is 9.22. The molecule has 178 valence electrons. The Labute approximate surface area is 199 Å². The lowest BCUT2D eigenvalue weighted by Crippen LogP contribution is -2.32. The maximum atomic E-state index is 2.36. The molecule has 0 N–H and O–H groups in total. The molecule has 0 amide bonds. The lowest BCUT2D eigenvalue weighted by Gasteiger charge is -2.03. The Morgan fingerprint density at radius 3 is 1.06 bits per heavy atom. The number of rotatable bonds is 19. The summed E-state index contributed by atoms with van der Waals surface area (Å²) in [6.07, 6.45) is 30.6. The molecule has 0 atom stereocenters. The van der Waals surface area contributed by atoms with Crippen LogP contribution in [0.3, 0.4) is 0 Å². The summed E-state index contributed by atoms with van der Waals surface area (Å²) in [7, 11) is 0. The van der Waals surface area contributed by atoms with Crippen molar-refractivity contribution in [2.75, 3.05) is 0 Å². The van der Waals surface area contributed by atoms with Gasteiger partial charge in [0, 0.05) is 37.1 Å². The van der Waals surface area contributed by atoms with Gasteiger partial charge in [-0.2, -0.15) is 0 Å². The monoisotopic (exact) mass is 438 g/mol. The summed E-state index contributed by atoms with van der Waals surface area (Å²) in [5.74, 6) is 0. The molecule has 0 aliphatic carbocycles. The van der Waals surface area contributed by atoms with E-state index in [2.05, 4.69) is 72.0 Å². The van der Waals surface area contributed by atoms with Crippen LogP contribution in [0.15, 0.2) is 49.1 Å². The van der Waals surface area contributed by atoms with E-state index in [1.54, 1.807) is 0 Å². The van der Waals surface area contributed by atoms with Crippen LogP contribution in [0.4, 0.5) is 0 Å². The SMILES string of the molecule is CCCCc1cc[n+](CCCCCCCCCCCC[n+]2ccc(CCCC)cc2)cc1. The van der Waals surface area contributed by atoms with E-state index in [1.165, 1.54) is 127 Å². The standard InChI is InChI=1S/C30H50N2/c1-3-5-17-29-19-25-31(26-20-29)23-15-13-11-9-7-8-10-12-14-16-24-32-27-21-30(22-28-32)18-6-4-2/h19-22,25-28H,3-18,23-24H2,1-2H3/q+2. The predicted molar refractivity (Wildman–Crippen MR) is 137 cm³/mol. The summed E-state index contributed by atoms with van der Waals surface area (Å²) >= 11 is 0. The van der Waals surface area contributed by atoms with Crippen LogP contribution in [0.5, 0.6) is 0 Å². The first-order valence-electron chi connectivity index (χ1n) is 13.8. The maximum absolute atomic E-state index is 2.36. The highest BCUT2D eigenvalue weighted by Crippen LogP contribution is 2.11. The van der Waals surface area contributed by atoms with Gasteiger partial charge in [-0.3, -0.25) is 0 Å². The smallest absolute Gasteiger partial charge is 0.169 e. The molecule has 0 bridgehead atoms. The topological polar surface area (TPSA) is 7.76 Å². The quantitative estimate of drug-likeness (QED) is 0.158. The van der Waals surface area contributed by atoms with Crippen LogP contribution in [-0.4, -0.2) is 0 Å². The minimum atomic E-state index is 1.17. The second-order valence-corrected chi connectivity index (χ2v) is 9.63. The fourth-order valence-electron chi connectivity index (χ4n) is 4.37. The third-order valence-electron chi connectivity index (χ3n) is 6.64. The summed E-state index contributed by atoms with van der Waals surface area (Å²) in [5.41, 5.74) is 2.97. The maximum Gasteiger partial charge on any atom is 0.169 e. The van der Waals surface area contributed by atoms with Gasteiger partial charge in [-0.25, -0.2) is 9.13 Å². The van der Waals surface area contributed by atoms with Gasteiger partial charge in [-0.1, -0.05) is 65.2 Å². The number of unbranched alkanes of at least 4 members (excludes halogenated alkanes) is 11. The van der Waals surface area contributed by atoms with Gasteiger partial charge in [0.15, 0.2) is 24.8 Å². The second kappa shape index (κ2) is 17.8. The van der Waals surface area contributed by atoms with Crippen LogP contribution in [0.1, 0.15) is 115 Å². The average molecular weight is 439 g/mol. The summed E-state index contributed by atoms with van der Waals surface area (Å²) in [6.45, 7) is 6.87. The van der Waals surface area contributed by atoms with E-state index in [4.69, 9.17) is 0 Å². The van der Waals surface area contributed by atoms with Crippen molar-refractivity contribution in [3.05, 3.63) is 60.2 Å². The summed E-state index contributed by atoms with van der Waals surface area (Å²) in [5, 5.41) is 0. The predicted octanol–water partition coefficient (Wildman–Crippen LogP) is 7.55. The van der Waals surface area contributed by atoms with Gasteiger partial charge in [0.25, 0.3) is 0 Å². The van der Waals surface area contributed by atoms with E-state index in [9.17, 15) is 0 Å². The molecule has 2 heterocycles. The third kappa shape index (κ3) is 12.4. The molecule has 0 aliphatic rings. The molecule has 0 saturated carbocycles. The molecule has 2 rings (SSSR count). The van der Waals surface area contributed by atoms with Gasteiger partial charge in [-0.15, -0.1) is 0 Å². The van der Waals surface area contributed by atoms with E-state index in [1.807, 2.05) is 0 Å². The molecular weight excluding hydrogens is 388 g/mol. The molecule has 0 spiro atoms. The zero-order valence-electron chi connectivity index (χ0n) is 21.2. The first kappa shape index (κ1) is 26.6. The lowest BCUT2D eigenvalue weighted by atomic mass is 10.1. The highest BCUT2D eigenvalue weighted by molar-refractivity contribution is 5.07. The van der Waals surface area contributed by atoms with E-state index in [0.29, 0.717) is 0 Å². The Bertz CT molecular complexity index is 613. The number of nitrogens with zero attached hydrogens (tertiary/aromatic N) is 2. The van der Waals surface area contributed by atoms with Crippen LogP contribution in [-0.2, 0) is 25.9 Å². The van der Waals surface area contributed by atoms with Crippen LogP contribution < -0.4 is 9.13 Å². The molecule has 32 heavy (non-hydrogen) atoms. The Hall–Kier alpha value is -1.70. The van der Waals surface area contributed by atoms with Gasteiger partial charge >= 0.3 is 0 Å². The lowest BCUT2D eigenvalue weighted by molar-refractivity contribution is -0.697. The minimum absolute atomic E-state index is 1.17. The Morgan fingerprint density at radius 1 is 0.438 bits per heavy atom. The van der Waals surface area contributed by atoms with E-state index in [-0.39, 0.29) is 0 Å². The van der Waals surface area contributed by atoms with Gasteiger partial charge < -0.3 is 0 Å². The van der Waals surface area contributed by atoms with Crippen LogP contribution in [0.25, 0.3) is 0 Å². The normalized spacial score (nSPS) is 11.2. The zero-order chi connectivity index (χ0) is 22.7. The fourth-order valence-corrected chi connectivity index (χ4v) is 4.37. The number of hydrogen-bond donors (Lipinski definition) is 0. The van der Waals surface area contributed by atoms with Gasteiger partial charge in [0.1, 0.15) is 13.1 Å². The molecule has 2 nitrogen and oxygen atoms in total. The molecule has 0 saturated heterocycles. The molecule has 2 aromatic heterocycles. The van der Waals surface area contributed by atoms with Crippen molar-refractivity contribution in [2.45, 2.75) is 130 Å². The van der Waals surface area contributed by atoms with Crippen molar-refractivity contribution in [1.29, 1.82) is 0 Å².